The SMILES string of the molecule is CCc1cccc(C)c1N1CCN(C(=O)Nc2cccc(F)c2)CC1. The molecule has 1 N–H and O–H groups in total. The third kappa shape index (κ3) is 3.92. The zero-order valence-electron chi connectivity index (χ0n) is 14.8. The molecule has 1 heterocycles. The van der Waals surface area contributed by atoms with Crippen molar-refractivity contribution in [2.75, 3.05) is 36.4 Å². The Balaban J connectivity index is 1.63. The second kappa shape index (κ2) is 7.55. The Hall–Kier alpha value is -2.56. The number of aryl methyl sites for hydroxylation is 2. The summed E-state index contributed by atoms with van der Waals surface area (Å²) in [5.74, 6) is -0.353. The summed E-state index contributed by atoms with van der Waals surface area (Å²) in [6.45, 7) is 7.21. The molecule has 25 heavy (non-hydrogen) atoms. The number of benzene rings is 2. The third-order valence-electron chi connectivity index (χ3n) is 4.66. The summed E-state index contributed by atoms with van der Waals surface area (Å²) in [5, 5.41) is 2.77. The molecule has 1 aliphatic heterocycles. The van der Waals surface area contributed by atoms with E-state index in [4.69, 9.17) is 0 Å². The summed E-state index contributed by atoms with van der Waals surface area (Å²) in [7, 11) is 0. The molecule has 2 aromatic rings. The molecule has 0 radical (unpaired) electrons. The second-order valence-electron chi connectivity index (χ2n) is 6.35. The first kappa shape index (κ1) is 17.3. The normalized spacial score (nSPS) is 14.5. The summed E-state index contributed by atoms with van der Waals surface area (Å²) in [6, 6.07) is 12.2. The summed E-state index contributed by atoms with van der Waals surface area (Å²) >= 11 is 0. The van der Waals surface area contributed by atoms with Crippen molar-refractivity contribution in [2.45, 2.75) is 20.3 Å². The van der Waals surface area contributed by atoms with Gasteiger partial charge in [-0.1, -0.05) is 31.2 Å². The Morgan fingerprint density at radius 3 is 2.52 bits per heavy atom. The van der Waals surface area contributed by atoms with Crippen LogP contribution in [0.1, 0.15) is 18.1 Å². The molecule has 3 rings (SSSR count). The smallest absolute Gasteiger partial charge is 0.321 e. The molecule has 4 nitrogen and oxygen atoms in total. The van der Waals surface area contributed by atoms with Gasteiger partial charge < -0.3 is 15.1 Å². The number of hydrogen-bond donors (Lipinski definition) is 1. The Labute approximate surface area is 148 Å². The number of amides is 2. The Bertz CT molecular complexity index is 754. The maximum atomic E-state index is 13.2. The number of nitrogens with one attached hydrogen (secondary N) is 1. The van der Waals surface area contributed by atoms with Gasteiger partial charge >= 0.3 is 6.03 Å². The molecule has 0 saturated carbocycles. The van der Waals surface area contributed by atoms with E-state index in [1.165, 1.54) is 28.9 Å². The lowest BCUT2D eigenvalue weighted by Gasteiger charge is -2.37. The van der Waals surface area contributed by atoms with Gasteiger partial charge in [-0.3, -0.25) is 0 Å². The molecule has 0 aliphatic carbocycles. The van der Waals surface area contributed by atoms with E-state index < -0.39 is 0 Å². The number of para-hydroxylation sites is 1. The minimum Gasteiger partial charge on any atom is -0.368 e. The van der Waals surface area contributed by atoms with Crippen molar-refractivity contribution < 1.29 is 9.18 Å². The van der Waals surface area contributed by atoms with E-state index in [2.05, 4.69) is 42.3 Å². The van der Waals surface area contributed by atoms with Crippen LogP contribution in [0.4, 0.5) is 20.6 Å². The van der Waals surface area contributed by atoms with Crippen LogP contribution in [0.5, 0.6) is 0 Å². The molecule has 5 heteroatoms. The van der Waals surface area contributed by atoms with E-state index in [0.717, 1.165) is 19.5 Å². The van der Waals surface area contributed by atoms with Gasteiger partial charge in [0, 0.05) is 37.6 Å². The Kier molecular flexibility index (Phi) is 5.22. The predicted molar refractivity (Wildman–Crippen MR) is 99.8 cm³/mol. The Morgan fingerprint density at radius 1 is 1.12 bits per heavy atom. The van der Waals surface area contributed by atoms with Crippen molar-refractivity contribution in [3.05, 3.63) is 59.4 Å². The van der Waals surface area contributed by atoms with E-state index in [1.54, 1.807) is 17.0 Å². The number of halogens is 1. The molecule has 2 amide bonds. The summed E-state index contributed by atoms with van der Waals surface area (Å²) < 4.78 is 13.2. The van der Waals surface area contributed by atoms with Gasteiger partial charge in [0.15, 0.2) is 0 Å². The van der Waals surface area contributed by atoms with Crippen LogP contribution < -0.4 is 10.2 Å². The van der Waals surface area contributed by atoms with Gasteiger partial charge in [-0.25, -0.2) is 9.18 Å². The topological polar surface area (TPSA) is 35.6 Å². The maximum Gasteiger partial charge on any atom is 0.321 e. The van der Waals surface area contributed by atoms with E-state index in [1.807, 2.05) is 0 Å². The highest BCUT2D eigenvalue weighted by Gasteiger charge is 2.23. The van der Waals surface area contributed by atoms with Crippen LogP contribution in [0.15, 0.2) is 42.5 Å². The lowest BCUT2D eigenvalue weighted by atomic mass is 10.0. The van der Waals surface area contributed by atoms with E-state index in [9.17, 15) is 9.18 Å². The number of piperazine rings is 1. The van der Waals surface area contributed by atoms with Crippen LogP contribution in [0.25, 0.3) is 0 Å². The molecule has 132 valence electrons. The fourth-order valence-electron chi connectivity index (χ4n) is 3.36. The molecule has 2 aromatic carbocycles. The maximum absolute atomic E-state index is 13.2. The lowest BCUT2D eigenvalue weighted by Crippen LogP contribution is -2.50. The lowest BCUT2D eigenvalue weighted by molar-refractivity contribution is 0.208. The highest BCUT2D eigenvalue weighted by atomic mass is 19.1. The van der Waals surface area contributed by atoms with Gasteiger partial charge in [0.05, 0.1) is 0 Å². The number of carbonyl (C=O) groups is 1. The molecule has 0 bridgehead atoms. The average molecular weight is 341 g/mol. The van der Waals surface area contributed by atoms with Crippen molar-refractivity contribution in [1.29, 1.82) is 0 Å². The molecule has 1 aliphatic rings. The fraction of sp³-hybridized carbons (Fsp3) is 0.350. The average Bonchev–Trinajstić information content (AvgIpc) is 2.61. The van der Waals surface area contributed by atoms with Crippen LogP contribution >= 0.6 is 0 Å². The standard InChI is InChI=1S/C20H24FN3O/c1-3-16-7-4-6-15(2)19(16)23-10-12-24(13-11-23)20(25)22-18-9-5-8-17(21)14-18/h4-9,14H,3,10-13H2,1-2H3,(H,22,25). The number of carbonyl (C=O) groups excluding carboxylic acids is 1. The van der Waals surface area contributed by atoms with Crippen molar-refractivity contribution in [3.8, 4) is 0 Å². The molecule has 0 atom stereocenters. The molecule has 0 spiro atoms. The van der Waals surface area contributed by atoms with Crippen LogP contribution in [0, 0.1) is 12.7 Å². The highest BCUT2D eigenvalue weighted by Crippen LogP contribution is 2.27. The third-order valence-corrected chi connectivity index (χ3v) is 4.66. The van der Waals surface area contributed by atoms with Gasteiger partial charge in [-0.05, 0) is 42.7 Å². The second-order valence-corrected chi connectivity index (χ2v) is 6.35. The quantitative estimate of drug-likeness (QED) is 0.914. The first-order valence-corrected chi connectivity index (χ1v) is 8.73. The monoisotopic (exact) mass is 341 g/mol. The summed E-state index contributed by atoms with van der Waals surface area (Å²) in [4.78, 5) is 16.5. The number of nitrogens with zero attached hydrogens (tertiary/aromatic N) is 2. The van der Waals surface area contributed by atoms with Crippen molar-refractivity contribution >= 4 is 17.4 Å². The fourth-order valence-corrected chi connectivity index (χ4v) is 3.36. The summed E-state index contributed by atoms with van der Waals surface area (Å²) in [5.41, 5.74) is 4.41. The molecule has 0 aromatic heterocycles. The zero-order chi connectivity index (χ0) is 17.8. The van der Waals surface area contributed by atoms with Gasteiger partial charge in [0.25, 0.3) is 0 Å². The molecular formula is C20H24FN3O. The van der Waals surface area contributed by atoms with Crippen LogP contribution in [-0.2, 0) is 6.42 Å². The van der Waals surface area contributed by atoms with Crippen molar-refractivity contribution in [1.82, 2.24) is 4.90 Å². The van der Waals surface area contributed by atoms with Gasteiger partial charge in [-0.2, -0.15) is 0 Å². The van der Waals surface area contributed by atoms with E-state index >= 15 is 0 Å². The van der Waals surface area contributed by atoms with Gasteiger partial charge in [0.2, 0.25) is 0 Å². The largest absolute Gasteiger partial charge is 0.368 e. The molecular weight excluding hydrogens is 317 g/mol. The van der Waals surface area contributed by atoms with E-state index in [-0.39, 0.29) is 11.8 Å². The van der Waals surface area contributed by atoms with Crippen LogP contribution in [0.2, 0.25) is 0 Å². The molecule has 1 saturated heterocycles. The van der Waals surface area contributed by atoms with Gasteiger partial charge in [-0.15, -0.1) is 0 Å². The molecule has 1 fully saturated rings. The number of rotatable bonds is 3. The number of urea groups is 1. The Morgan fingerprint density at radius 2 is 1.84 bits per heavy atom. The zero-order valence-corrected chi connectivity index (χ0v) is 14.8. The van der Waals surface area contributed by atoms with Crippen molar-refractivity contribution in [2.24, 2.45) is 0 Å². The minimum atomic E-state index is -0.353. The highest BCUT2D eigenvalue weighted by molar-refractivity contribution is 5.89. The number of hydrogen-bond acceptors (Lipinski definition) is 2. The predicted octanol–water partition coefficient (Wildman–Crippen LogP) is 4.05. The van der Waals surface area contributed by atoms with E-state index in [0.29, 0.717) is 18.8 Å². The van der Waals surface area contributed by atoms with Crippen molar-refractivity contribution in [3.63, 3.8) is 0 Å². The minimum absolute atomic E-state index is 0.175. The number of anilines is 2. The van der Waals surface area contributed by atoms with Crippen LogP contribution in [0.3, 0.4) is 0 Å². The first-order chi connectivity index (χ1) is 12.1. The van der Waals surface area contributed by atoms with Crippen LogP contribution in [-0.4, -0.2) is 37.1 Å². The first-order valence-electron chi connectivity index (χ1n) is 8.73. The summed E-state index contributed by atoms with van der Waals surface area (Å²) in [6.07, 6.45) is 0.997. The molecule has 0 unspecified atom stereocenters. The van der Waals surface area contributed by atoms with Gasteiger partial charge in [0.1, 0.15) is 5.82 Å².